The number of benzene rings is 2. The average Bonchev–Trinajstić information content (AvgIpc) is 2.71. The normalized spacial score (nSPS) is 16.9. The van der Waals surface area contributed by atoms with Crippen LogP contribution in [0.4, 0.5) is 0 Å². The molecule has 2 aromatic rings. The third kappa shape index (κ3) is 4.76. The first kappa shape index (κ1) is 19.6. The summed E-state index contributed by atoms with van der Waals surface area (Å²) in [5.74, 6) is -1.68. The van der Waals surface area contributed by atoms with E-state index in [1.165, 1.54) is 10.5 Å². The van der Waals surface area contributed by atoms with Crippen molar-refractivity contribution in [3.8, 4) is 0 Å². The topological polar surface area (TPSA) is 77.9 Å². The number of rotatable bonds is 7. The molecule has 2 aromatic carbocycles. The summed E-state index contributed by atoms with van der Waals surface area (Å²) in [6.07, 6.45) is 1.26. The van der Waals surface area contributed by atoms with E-state index < -0.39 is 12.0 Å². The summed E-state index contributed by atoms with van der Waals surface area (Å²) in [6, 6.07) is 17.7. The Labute approximate surface area is 164 Å². The Hall–Kier alpha value is -3.15. The van der Waals surface area contributed by atoms with E-state index in [4.69, 9.17) is 0 Å². The fraction of sp³-hybridized carbons (Fsp3) is 0.318. The van der Waals surface area contributed by atoms with E-state index in [1.54, 1.807) is 35.2 Å². The van der Waals surface area contributed by atoms with Crippen LogP contribution in [0.5, 0.6) is 0 Å². The van der Waals surface area contributed by atoms with E-state index in [0.29, 0.717) is 25.2 Å². The number of carbonyl (C=O) groups is 3. The van der Waals surface area contributed by atoms with Crippen LogP contribution in [0.15, 0.2) is 60.7 Å². The number of piperazine rings is 1. The van der Waals surface area contributed by atoms with Gasteiger partial charge >= 0.3 is 5.97 Å². The summed E-state index contributed by atoms with van der Waals surface area (Å²) < 4.78 is 0. The van der Waals surface area contributed by atoms with Gasteiger partial charge in [0.1, 0.15) is 6.04 Å². The number of aryl methyl sites for hydroxylation is 1. The lowest BCUT2D eigenvalue weighted by molar-refractivity contribution is -0.147. The van der Waals surface area contributed by atoms with E-state index in [9.17, 15) is 19.5 Å². The van der Waals surface area contributed by atoms with Crippen LogP contribution >= 0.6 is 0 Å². The molecule has 0 bridgehead atoms. The molecule has 28 heavy (non-hydrogen) atoms. The van der Waals surface area contributed by atoms with Crippen LogP contribution < -0.4 is 0 Å². The van der Waals surface area contributed by atoms with Gasteiger partial charge in [-0.05, 0) is 30.5 Å². The molecule has 0 aliphatic carbocycles. The Kier molecular flexibility index (Phi) is 6.42. The Balaban J connectivity index is 1.66. The zero-order valence-corrected chi connectivity index (χ0v) is 15.7. The van der Waals surface area contributed by atoms with Gasteiger partial charge in [0.05, 0.1) is 6.42 Å². The molecular weight excluding hydrogens is 356 g/mol. The van der Waals surface area contributed by atoms with Crippen molar-refractivity contribution < 1.29 is 19.5 Å². The number of hydrogen-bond acceptors (Lipinski definition) is 3. The van der Waals surface area contributed by atoms with Gasteiger partial charge in [-0.2, -0.15) is 0 Å². The van der Waals surface area contributed by atoms with Crippen molar-refractivity contribution in [2.45, 2.75) is 25.3 Å². The van der Waals surface area contributed by atoms with Crippen LogP contribution in [0.3, 0.4) is 0 Å². The quantitative estimate of drug-likeness (QED) is 0.800. The van der Waals surface area contributed by atoms with E-state index in [0.717, 1.165) is 12.8 Å². The van der Waals surface area contributed by atoms with Crippen LogP contribution in [0.25, 0.3) is 0 Å². The van der Waals surface area contributed by atoms with Crippen molar-refractivity contribution in [1.29, 1.82) is 0 Å². The highest BCUT2D eigenvalue weighted by atomic mass is 16.4. The van der Waals surface area contributed by atoms with Crippen molar-refractivity contribution in [2.75, 3.05) is 19.6 Å². The van der Waals surface area contributed by atoms with Gasteiger partial charge in [-0.15, -0.1) is 0 Å². The van der Waals surface area contributed by atoms with Crippen molar-refractivity contribution in [2.24, 2.45) is 0 Å². The molecule has 6 nitrogen and oxygen atoms in total. The van der Waals surface area contributed by atoms with Crippen molar-refractivity contribution in [1.82, 2.24) is 9.80 Å². The summed E-state index contributed by atoms with van der Waals surface area (Å²) >= 11 is 0. The SMILES string of the molecule is O=C(O)CC1C(=O)N(CCCc2ccccc2)CCN1C(=O)c1ccccc1. The minimum Gasteiger partial charge on any atom is -0.481 e. The Morgan fingerprint density at radius 1 is 0.964 bits per heavy atom. The number of carboxylic acid groups (broad SMARTS) is 1. The second kappa shape index (κ2) is 9.17. The highest BCUT2D eigenvalue weighted by Crippen LogP contribution is 2.19. The maximum Gasteiger partial charge on any atom is 0.305 e. The van der Waals surface area contributed by atoms with Gasteiger partial charge in [0, 0.05) is 25.2 Å². The van der Waals surface area contributed by atoms with Crippen LogP contribution in [0, 0.1) is 0 Å². The summed E-state index contributed by atoms with van der Waals surface area (Å²) in [7, 11) is 0. The molecule has 1 unspecified atom stereocenters. The minimum atomic E-state index is -1.09. The first-order chi connectivity index (χ1) is 13.6. The van der Waals surface area contributed by atoms with Gasteiger partial charge in [0.25, 0.3) is 5.91 Å². The minimum absolute atomic E-state index is 0.286. The lowest BCUT2D eigenvalue weighted by Gasteiger charge is -2.40. The fourth-order valence-electron chi connectivity index (χ4n) is 3.53. The molecule has 1 aliphatic rings. The number of nitrogens with zero attached hydrogens (tertiary/aromatic N) is 2. The number of amides is 2. The van der Waals surface area contributed by atoms with Crippen molar-refractivity contribution >= 4 is 17.8 Å². The standard InChI is InChI=1S/C22H24N2O4/c25-20(26)16-19-22(28)23(13-7-10-17-8-3-1-4-9-17)14-15-24(19)21(27)18-11-5-2-6-12-18/h1-6,8-9,11-12,19H,7,10,13-16H2,(H,25,26). The predicted molar refractivity (Wildman–Crippen MR) is 105 cm³/mol. The Morgan fingerprint density at radius 2 is 1.61 bits per heavy atom. The maximum atomic E-state index is 12.9. The monoisotopic (exact) mass is 380 g/mol. The zero-order valence-electron chi connectivity index (χ0n) is 15.7. The molecule has 1 atom stereocenters. The third-order valence-corrected chi connectivity index (χ3v) is 4.97. The average molecular weight is 380 g/mol. The first-order valence-corrected chi connectivity index (χ1v) is 9.47. The Morgan fingerprint density at radius 3 is 2.25 bits per heavy atom. The third-order valence-electron chi connectivity index (χ3n) is 4.97. The predicted octanol–water partition coefficient (Wildman–Crippen LogP) is 2.45. The molecule has 0 aromatic heterocycles. The smallest absolute Gasteiger partial charge is 0.305 e. The van der Waals surface area contributed by atoms with Gasteiger partial charge in [-0.1, -0.05) is 48.5 Å². The molecule has 1 fully saturated rings. The van der Waals surface area contributed by atoms with Crippen LogP contribution in [0.1, 0.15) is 28.8 Å². The molecular formula is C22H24N2O4. The summed E-state index contributed by atoms with van der Waals surface area (Å²) in [6.45, 7) is 1.31. The van der Waals surface area contributed by atoms with E-state index in [1.807, 2.05) is 30.3 Å². The zero-order chi connectivity index (χ0) is 19.9. The maximum absolute atomic E-state index is 12.9. The van der Waals surface area contributed by atoms with Gasteiger partial charge in [-0.3, -0.25) is 14.4 Å². The number of carboxylic acids is 1. The van der Waals surface area contributed by atoms with Gasteiger partial charge in [-0.25, -0.2) is 0 Å². The number of aliphatic carboxylic acids is 1. The molecule has 1 saturated heterocycles. The van der Waals surface area contributed by atoms with Crippen LogP contribution in [-0.2, 0) is 16.0 Å². The fourth-order valence-corrected chi connectivity index (χ4v) is 3.53. The van der Waals surface area contributed by atoms with Crippen LogP contribution in [-0.4, -0.2) is 58.4 Å². The number of carbonyl (C=O) groups excluding carboxylic acids is 2. The van der Waals surface area contributed by atoms with Crippen molar-refractivity contribution in [3.05, 3.63) is 71.8 Å². The Bertz CT molecular complexity index is 823. The molecule has 1 N–H and O–H groups in total. The number of hydrogen-bond donors (Lipinski definition) is 1. The molecule has 0 spiro atoms. The molecule has 2 amide bonds. The molecule has 146 valence electrons. The molecule has 1 heterocycles. The van der Waals surface area contributed by atoms with Gasteiger partial charge in [0.2, 0.25) is 5.91 Å². The molecule has 3 rings (SSSR count). The first-order valence-electron chi connectivity index (χ1n) is 9.47. The van der Waals surface area contributed by atoms with Gasteiger partial charge in [0.15, 0.2) is 0 Å². The summed E-state index contributed by atoms with van der Waals surface area (Å²) in [5.41, 5.74) is 1.66. The van der Waals surface area contributed by atoms with Crippen LogP contribution in [0.2, 0.25) is 0 Å². The largest absolute Gasteiger partial charge is 0.481 e. The molecule has 0 radical (unpaired) electrons. The lowest BCUT2D eigenvalue weighted by Crippen LogP contribution is -2.59. The molecule has 6 heteroatoms. The molecule has 0 saturated carbocycles. The highest BCUT2D eigenvalue weighted by Gasteiger charge is 2.38. The molecule has 1 aliphatic heterocycles. The second-order valence-electron chi connectivity index (χ2n) is 6.89. The summed E-state index contributed by atoms with van der Waals surface area (Å²) in [5, 5.41) is 9.26. The van der Waals surface area contributed by atoms with E-state index in [-0.39, 0.29) is 18.2 Å². The second-order valence-corrected chi connectivity index (χ2v) is 6.89. The van der Waals surface area contributed by atoms with E-state index in [2.05, 4.69) is 0 Å². The van der Waals surface area contributed by atoms with Crippen molar-refractivity contribution in [3.63, 3.8) is 0 Å². The summed E-state index contributed by atoms with van der Waals surface area (Å²) in [4.78, 5) is 40.1. The van der Waals surface area contributed by atoms with E-state index >= 15 is 0 Å². The van der Waals surface area contributed by atoms with Gasteiger partial charge < -0.3 is 14.9 Å². The lowest BCUT2D eigenvalue weighted by atomic mass is 10.0. The highest BCUT2D eigenvalue weighted by molar-refractivity contribution is 5.99.